The molecule has 0 aliphatic heterocycles. The lowest BCUT2D eigenvalue weighted by atomic mass is 9.97. The molecule has 1 saturated carbocycles. The highest BCUT2D eigenvalue weighted by molar-refractivity contribution is 5.90. The first-order valence-electron chi connectivity index (χ1n) is 7.42. The highest BCUT2D eigenvalue weighted by Crippen LogP contribution is 2.33. The first kappa shape index (κ1) is 14.7. The minimum atomic E-state index is 0.239. The standard InChI is InChI=1S/C15H30N2/c1-5-7-8-14(11(3)4)17-13(6-2)15(16)12-9-10-12/h11-12,14-15H,5-10,16H2,1-4H3. The second-order valence-corrected chi connectivity index (χ2v) is 5.79. The maximum Gasteiger partial charge on any atom is 0.0522 e. The van der Waals surface area contributed by atoms with E-state index in [1.165, 1.54) is 37.8 Å². The minimum absolute atomic E-state index is 0.239. The summed E-state index contributed by atoms with van der Waals surface area (Å²) in [5, 5.41) is 0. The maximum absolute atomic E-state index is 6.28. The molecule has 100 valence electrons. The van der Waals surface area contributed by atoms with Gasteiger partial charge in [0.1, 0.15) is 0 Å². The van der Waals surface area contributed by atoms with Gasteiger partial charge in [0.2, 0.25) is 0 Å². The van der Waals surface area contributed by atoms with Crippen LogP contribution in [0.25, 0.3) is 0 Å². The van der Waals surface area contributed by atoms with Crippen molar-refractivity contribution in [2.24, 2.45) is 22.6 Å². The van der Waals surface area contributed by atoms with E-state index in [1.54, 1.807) is 0 Å². The van der Waals surface area contributed by atoms with E-state index in [0.717, 1.165) is 12.3 Å². The van der Waals surface area contributed by atoms with Crippen molar-refractivity contribution < 1.29 is 0 Å². The molecule has 2 atom stereocenters. The van der Waals surface area contributed by atoms with Crippen LogP contribution in [0.3, 0.4) is 0 Å². The Hall–Kier alpha value is -0.370. The zero-order valence-electron chi connectivity index (χ0n) is 12.1. The molecule has 1 rings (SSSR count). The SMILES string of the molecule is CCCCC(N=C(CC)C(N)C1CC1)C(C)C. The molecule has 0 spiro atoms. The Bertz CT molecular complexity index is 241. The van der Waals surface area contributed by atoms with Gasteiger partial charge in [-0.05, 0) is 37.5 Å². The van der Waals surface area contributed by atoms with Gasteiger partial charge in [0.05, 0.1) is 6.04 Å². The molecule has 2 heteroatoms. The van der Waals surface area contributed by atoms with Gasteiger partial charge in [-0.25, -0.2) is 0 Å². The molecule has 0 bridgehead atoms. The largest absolute Gasteiger partial charge is 0.323 e. The highest BCUT2D eigenvalue weighted by Gasteiger charge is 2.31. The van der Waals surface area contributed by atoms with Crippen LogP contribution in [-0.2, 0) is 0 Å². The molecule has 2 nitrogen and oxygen atoms in total. The third-order valence-corrected chi connectivity index (χ3v) is 3.83. The molecule has 1 fully saturated rings. The lowest BCUT2D eigenvalue weighted by Gasteiger charge is -2.21. The van der Waals surface area contributed by atoms with Gasteiger partial charge in [-0.3, -0.25) is 4.99 Å². The number of nitrogens with zero attached hydrogens (tertiary/aromatic N) is 1. The van der Waals surface area contributed by atoms with Gasteiger partial charge in [0.15, 0.2) is 0 Å². The van der Waals surface area contributed by atoms with Crippen LogP contribution in [0.5, 0.6) is 0 Å². The van der Waals surface area contributed by atoms with E-state index < -0.39 is 0 Å². The molecule has 0 heterocycles. The van der Waals surface area contributed by atoms with Gasteiger partial charge in [-0.1, -0.05) is 40.5 Å². The molecule has 1 aliphatic carbocycles. The summed E-state index contributed by atoms with van der Waals surface area (Å²) in [4.78, 5) is 4.98. The Morgan fingerprint density at radius 2 is 1.94 bits per heavy atom. The Balaban J connectivity index is 2.63. The van der Waals surface area contributed by atoms with Crippen molar-refractivity contribution in [1.82, 2.24) is 0 Å². The second kappa shape index (κ2) is 7.15. The lowest BCUT2D eigenvalue weighted by molar-refractivity contribution is 0.449. The summed E-state index contributed by atoms with van der Waals surface area (Å²) in [5.74, 6) is 1.36. The molecule has 0 aromatic rings. The predicted octanol–water partition coefficient (Wildman–Crippen LogP) is 3.79. The van der Waals surface area contributed by atoms with Crippen LogP contribution >= 0.6 is 0 Å². The van der Waals surface area contributed by atoms with Crippen molar-refractivity contribution in [3.63, 3.8) is 0 Å². The quantitative estimate of drug-likeness (QED) is 0.642. The number of aliphatic imine (C=N–C) groups is 1. The van der Waals surface area contributed by atoms with Gasteiger partial charge >= 0.3 is 0 Å². The Morgan fingerprint density at radius 3 is 2.35 bits per heavy atom. The molecule has 0 saturated heterocycles. The van der Waals surface area contributed by atoms with Crippen LogP contribution in [0.1, 0.15) is 66.2 Å². The van der Waals surface area contributed by atoms with Gasteiger partial charge in [-0.2, -0.15) is 0 Å². The fourth-order valence-electron chi connectivity index (χ4n) is 2.31. The summed E-state index contributed by atoms with van der Waals surface area (Å²) in [6.07, 6.45) is 7.39. The summed E-state index contributed by atoms with van der Waals surface area (Å²) in [6.45, 7) is 9.00. The van der Waals surface area contributed by atoms with Gasteiger partial charge in [-0.15, -0.1) is 0 Å². The maximum atomic E-state index is 6.28. The smallest absolute Gasteiger partial charge is 0.0522 e. The molecule has 1 aliphatic rings. The van der Waals surface area contributed by atoms with Crippen LogP contribution < -0.4 is 5.73 Å². The van der Waals surface area contributed by atoms with Gasteiger partial charge < -0.3 is 5.73 Å². The number of hydrogen-bond acceptors (Lipinski definition) is 2. The molecule has 17 heavy (non-hydrogen) atoms. The average molecular weight is 238 g/mol. The normalized spacial score (nSPS) is 20.7. The second-order valence-electron chi connectivity index (χ2n) is 5.79. The predicted molar refractivity (Wildman–Crippen MR) is 76.6 cm³/mol. The number of rotatable bonds is 8. The monoisotopic (exact) mass is 238 g/mol. The highest BCUT2D eigenvalue weighted by atomic mass is 14.9. The van der Waals surface area contributed by atoms with Crippen LogP contribution in [0.2, 0.25) is 0 Å². The van der Waals surface area contributed by atoms with E-state index >= 15 is 0 Å². The van der Waals surface area contributed by atoms with Crippen LogP contribution in [-0.4, -0.2) is 17.8 Å². The molecule has 2 N–H and O–H groups in total. The number of hydrogen-bond donors (Lipinski definition) is 1. The van der Waals surface area contributed by atoms with Gasteiger partial charge in [0.25, 0.3) is 0 Å². The summed E-state index contributed by atoms with van der Waals surface area (Å²) in [6, 6.07) is 0.720. The van der Waals surface area contributed by atoms with Crippen molar-refractivity contribution in [2.45, 2.75) is 78.3 Å². The molecule has 0 aromatic carbocycles. The van der Waals surface area contributed by atoms with Crippen LogP contribution in [0.15, 0.2) is 4.99 Å². The van der Waals surface area contributed by atoms with E-state index in [9.17, 15) is 0 Å². The first-order chi connectivity index (χ1) is 8.10. The van der Waals surface area contributed by atoms with Crippen molar-refractivity contribution in [2.75, 3.05) is 0 Å². The van der Waals surface area contributed by atoms with Gasteiger partial charge in [0, 0.05) is 11.8 Å². The number of unbranched alkanes of at least 4 members (excludes halogenated alkanes) is 1. The lowest BCUT2D eigenvalue weighted by Crippen LogP contribution is -2.34. The summed E-state index contributed by atoms with van der Waals surface area (Å²) < 4.78 is 0. The minimum Gasteiger partial charge on any atom is -0.323 e. The third kappa shape index (κ3) is 4.79. The third-order valence-electron chi connectivity index (χ3n) is 3.83. The zero-order chi connectivity index (χ0) is 12.8. The van der Waals surface area contributed by atoms with E-state index in [-0.39, 0.29) is 6.04 Å². The topological polar surface area (TPSA) is 38.4 Å². The first-order valence-corrected chi connectivity index (χ1v) is 7.42. The Labute approximate surface area is 107 Å². The van der Waals surface area contributed by atoms with Crippen molar-refractivity contribution in [3.8, 4) is 0 Å². The summed E-state index contributed by atoms with van der Waals surface area (Å²) >= 11 is 0. The zero-order valence-corrected chi connectivity index (χ0v) is 12.1. The average Bonchev–Trinajstić information content (AvgIpc) is 3.12. The van der Waals surface area contributed by atoms with E-state index in [0.29, 0.717) is 12.0 Å². The molecular formula is C15H30N2. The molecular weight excluding hydrogens is 208 g/mol. The fourth-order valence-corrected chi connectivity index (χ4v) is 2.31. The van der Waals surface area contributed by atoms with Crippen LogP contribution in [0, 0.1) is 11.8 Å². The van der Waals surface area contributed by atoms with Crippen molar-refractivity contribution in [1.29, 1.82) is 0 Å². The summed E-state index contributed by atoms with van der Waals surface area (Å²) in [5.41, 5.74) is 7.55. The van der Waals surface area contributed by atoms with Crippen molar-refractivity contribution >= 4 is 5.71 Å². The Morgan fingerprint density at radius 1 is 1.29 bits per heavy atom. The molecule has 0 radical (unpaired) electrons. The molecule has 0 amide bonds. The molecule has 0 aromatic heterocycles. The summed E-state index contributed by atoms with van der Waals surface area (Å²) in [7, 11) is 0. The van der Waals surface area contributed by atoms with E-state index in [4.69, 9.17) is 10.7 Å². The molecule has 2 unspecified atom stereocenters. The fraction of sp³-hybridized carbons (Fsp3) is 0.933. The Kier molecular flexibility index (Phi) is 6.18. The van der Waals surface area contributed by atoms with Crippen LogP contribution in [0.4, 0.5) is 0 Å². The number of nitrogens with two attached hydrogens (primary N) is 1. The van der Waals surface area contributed by atoms with Crippen molar-refractivity contribution in [3.05, 3.63) is 0 Å². The van der Waals surface area contributed by atoms with E-state index in [2.05, 4.69) is 27.7 Å². The van der Waals surface area contributed by atoms with E-state index in [1.807, 2.05) is 0 Å².